The molecule has 8 heteroatoms. The van der Waals surface area contributed by atoms with Gasteiger partial charge in [0.1, 0.15) is 17.3 Å². The van der Waals surface area contributed by atoms with Crippen molar-refractivity contribution < 1.29 is 33.4 Å². The van der Waals surface area contributed by atoms with E-state index < -0.39 is 35.8 Å². The summed E-state index contributed by atoms with van der Waals surface area (Å²) in [6.07, 6.45) is 1.41. The van der Waals surface area contributed by atoms with Crippen LogP contribution in [0.1, 0.15) is 44.1 Å². The van der Waals surface area contributed by atoms with Crippen molar-refractivity contribution >= 4 is 17.8 Å². The summed E-state index contributed by atoms with van der Waals surface area (Å²) >= 11 is 0. The first kappa shape index (κ1) is 26.0. The van der Waals surface area contributed by atoms with Crippen LogP contribution in [-0.2, 0) is 25.7 Å². The van der Waals surface area contributed by atoms with Crippen molar-refractivity contribution in [2.75, 3.05) is 6.54 Å². The zero-order valence-electron chi connectivity index (χ0n) is 20.9. The molecule has 1 amide bonds. The summed E-state index contributed by atoms with van der Waals surface area (Å²) in [5.41, 5.74) is 0.926. The second-order valence-electron chi connectivity index (χ2n) is 9.23. The Bertz CT molecular complexity index is 1190. The second-order valence-corrected chi connectivity index (χ2v) is 9.23. The number of benzene rings is 2. The van der Waals surface area contributed by atoms with Gasteiger partial charge in [-0.3, -0.25) is 14.4 Å². The Labute approximate surface area is 215 Å². The number of carbonyl (C=O) groups excluding carboxylic acids is 2. The van der Waals surface area contributed by atoms with Gasteiger partial charge < -0.3 is 23.9 Å². The molecule has 4 unspecified atom stereocenters. The van der Waals surface area contributed by atoms with Gasteiger partial charge in [0.05, 0.1) is 12.2 Å². The number of ether oxygens (including phenoxy) is 2. The van der Waals surface area contributed by atoms with Gasteiger partial charge in [-0.1, -0.05) is 37.3 Å². The Morgan fingerprint density at radius 2 is 1.70 bits per heavy atom. The van der Waals surface area contributed by atoms with Gasteiger partial charge in [-0.15, -0.1) is 0 Å². The molecule has 37 heavy (non-hydrogen) atoms. The fourth-order valence-corrected chi connectivity index (χ4v) is 4.86. The zero-order chi connectivity index (χ0) is 26.4. The van der Waals surface area contributed by atoms with E-state index in [-0.39, 0.29) is 12.3 Å². The van der Waals surface area contributed by atoms with Crippen molar-refractivity contribution in [3.63, 3.8) is 0 Å². The monoisotopic (exact) mass is 505 g/mol. The SMILES string of the molecule is CCCN(Cc1ccc(Oc2ccccc2)cc1)C(=O)C1CC(C(=O)O)C1C(OC(C)=O)c1ccco1. The number of furan rings is 1. The van der Waals surface area contributed by atoms with Crippen LogP contribution in [0, 0.1) is 17.8 Å². The lowest BCUT2D eigenvalue weighted by Gasteiger charge is -2.45. The number of para-hydroxylation sites is 1. The Morgan fingerprint density at radius 1 is 1.00 bits per heavy atom. The third kappa shape index (κ3) is 6.20. The van der Waals surface area contributed by atoms with E-state index in [0.29, 0.717) is 24.6 Å². The highest BCUT2D eigenvalue weighted by Crippen LogP contribution is 2.50. The maximum atomic E-state index is 13.7. The average Bonchev–Trinajstić information content (AvgIpc) is 3.39. The Hall–Kier alpha value is -4.07. The van der Waals surface area contributed by atoms with Crippen LogP contribution in [0.4, 0.5) is 0 Å². The number of carboxylic acid groups (broad SMARTS) is 1. The molecule has 0 spiro atoms. The molecule has 1 fully saturated rings. The Balaban J connectivity index is 1.51. The van der Waals surface area contributed by atoms with Gasteiger partial charge in [-0.2, -0.15) is 0 Å². The van der Waals surface area contributed by atoms with Crippen LogP contribution in [0.3, 0.4) is 0 Å². The molecule has 1 aromatic heterocycles. The minimum absolute atomic E-state index is 0.155. The zero-order valence-corrected chi connectivity index (χ0v) is 20.9. The van der Waals surface area contributed by atoms with Crippen molar-refractivity contribution in [3.05, 3.63) is 84.3 Å². The smallest absolute Gasteiger partial charge is 0.306 e. The molecule has 0 radical (unpaired) electrons. The standard InChI is InChI=1S/C29H31NO7/c1-3-15-30(18-20-11-13-22(14-12-20)37-21-8-5-4-6-9-21)28(32)23-17-24(29(33)34)26(23)27(36-19(2)31)25-10-7-16-35-25/h4-14,16,23-24,26-27H,3,15,17-18H2,1-2H3,(H,33,34). The summed E-state index contributed by atoms with van der Waals surface area (Å²) in [6, 6.07) is 20.3. The predicted molar refractivity (Wildman–Crippen MR) is 135 cm³/mol. The number of hydrogen-bond donors (Lipinski definition) is 1. The van der Waals surface area contributed by atoms with Gasteiger partial charge in [0.15, 0.2) is 6.10 Å². The molecule has 3 aromatic rings. The minimum Gasteiger partial charge on any atom is -0.481 e. The molecule has 2 aromatic carbocycles. The van der Waals surface area contributed by atoms with E-state index >= 15 is 0 Å². The van der Waals surface area contributed by atoms with E-state index in [1.54, 1.807) is 17.0 Å². The molecule has 1 heterocycles. The molecule has 1 saturated carbocycles. The summed E-state index contributed by atoms with van der Waals surface area (Å²) in [6.45, 7) is 4.13. The second kappa shape index (κ2) is 11.8. The number of nitrogens with zero attached hydrogens (tertiary/aromatic N) is 1. The third-order valence-corrected chi connectivity index (χ3v) is 6.62. The van der Waals surface area contributed by atoms with Gasteiger partial charge in [0, 0.05) is 31.8 Å². The van der Waals surface area contributed by atoms with Gasteiger partial charge >= 0.3 is 11.9 Å². The molecule has 1 N–H and O–H groups in total. The topological polar surface area (TPSA) is 106 Å². The maximum absolute atomic E-state index is 13.7. The first-order chi connectivity index (χ1) is 17.9. The molecule has 1 aliphatic rings. The Kier molecular flexibility index (Phi) is 8.28. The van der Waals surface area contributed by atoms with Crippen molar-refractivity contribution in [3.8, 4) is 11.5 Å². The van der Waals surface area contributed by atoms with Crippen molar-refractivity contribution in [1.29, 1.82) is 0 Å². The van der Waals surface area contributed by atoms with Gasteiger partial charge in [-0.25, -0.2) is 0 Å². The molecule has 4 atom stereocenters. The minimum atomic E-state index is -1.02. The van der Waals surface area contributed by atoms with Crippen LogP contribution in [0.2, 0.25) is 0 Å². The third-order valence-electron chi connectivity index (χ3n) is 6.62. The lowest BCUT2D eigenvalue weighted by atomic mass is 9.61. The highest BCUT2D eigenvalue weighted by molar-refractivity contribution is 5.84. The fraction of sp³-hybridized carbons (Fsp3) is 0.345. The largest absolute Gasteiger partial charge is 0.481 e. The highest BCUT2D eigenvalue weighted by Gasteiger charge is 2.55. The van der Waals surface area contributed by atoms with E-state index in [2.05, 4.69) is 0 Å². The average molecular weight is 506 g/mol. The summed E-state index contributed by atoms with van der Waals surface area (Å²) in [4.78, 5) is 39.3. The first-order valence-electron chi connectivity index (χ1n) is 12.4. The van der Waals surface area contributed by atoms with Crippen LogP contribution < -0.4 is 4.74 Å². The highest BCUT2D eigenvalue weighted by atomic mass is 16.6. The quantitative estimate of drug-likeness (QED) is 0.345. The van der Waals surface area contributed by atoms with Crippen LogP contribution in [0.25, 0.3) is 0 Å². The van der Waals surface area contributed by atoms with Gasteiger partial charge in [0.2, 0.25) is 5.91 Å². The number of hydrogen-bond acceptors (Lipinski definition) is 6. The molecule has 8 nitrogen and oxygen atoms in total. The number of rotatable bonds is 11. The van der Waals surface area contributed by atoms with E-state index in [1.807, 2.05) is 61.5 Å². The summed E-state index contributed by atoms with van der Waals surface area (Å²) in [5.74, 6) is -2.13. The van der Waals surface area contributed by atoms with Crippen LogP contribution in [-0.4, -0.2) is 34.4 Å². The molecule has 4 rings (SSSR count). The van der Waals surface area contributed by atoms with E-state index in [1.165, 1.54) is 13.2 Å². The van der Waals surface area contributed by atoms with Crippen molar-refractivity contribution in [2.24, 2.45) is 17.8 Å². The molecule has 0 saturated heterocycles. The number of carboxylic acids is 1. The first-order valence-corrected chi connectivity index (χ1v) is 12.4. The molecule has 1 aliphatic carbocycles. The fourth-order valence-electron chi connectivity index (χ4n) is 4.86. The number of amides is 1. The lowest BCUT2D eigenvalue weighted by molar-refractivity contribution is -0.178. The van der Waals surface area contributed by atoms with Crippen molar-refractivity contribution in [1.82, 2.24) is 4.90 Å². The Morgan fingerprint density at radius 3 is 2.30 bits per heavy atom. The lowest BCUT2D eigenvalue weighted by Crippen LogP contribution is -2.53. The molecule has 194 valence electrons. The number of carbonyl (C=O) groups is 3. The van der Waals surface area contributed by atoms with Crippen molar-refractivity contribution in [2.45, 2.75) is 39.3 Å². The van der Waals surface area contributed by atoms with E-state index in [0.717, 1.165) is 17.7 Å². The summed E-state index contributed by atoms with van der Waals surface area (Å²) in [5, 5.41) is 9.78. The van der Waals surface area contributed by atoms with Gasteiger partial charge in [0.25, 0.3) is 0 Å². The van der Waals surface area contributed by atoms with E-state index in [9.17, 15) is 19.5 Å². The maximum Gasteiger partial charge on any atom is 0.306 e. The number of aliphatic carboxylic acids is 1. The molecular formula is C29H31NO7. The van der Waals surface area contributed by atoms with Gasteiger partial charge in [-0.05, 0) is 54.8 Å². The number of esters is 1. The molecular weight excluding hydrogens is 474 g/mol. The predicted octanol–water partition coefficient (Wildman–Crippen LogP) is 5.45. The summed E-state index contributed by atoms with van der Waals surface area (Å²) in [7, 11) is 0. The van der Waals surface area contributed by atoms with E-state index in [4.69, 9.17) is 13.9 Å². The van der Waals surface area contributed by atoms with Crippen LogP contribution in [0.15, 0.2) is 77.4 Å². The normalized spacial score (nSPS) is 19.4. The molecule has 0 bridgehead atoms. The van der Waals surface area contributed by atoms with Crippen LogP contribution >= 0.6 is 0 Å². The molecule has 0 aliphatic heterocycles. The summed E-state index contributed by atoms with van der Waals surface area (Å²) < 4.78 is 16.8. The van der Waals surface area contributed by atoms with Crippen LogP contribution in [0.5, 0.6) is 11.5 Å².